The summed E-state index contributed by atoms with van der Waals surface area (Å²) in [6.07, 6.45) is 3.39. The van der Waals surface area contributed by atoms with Crippen LogP contribution in [0.25, 0.3) is 0 Å². The van der Waals surface area contributed by atoms with Gasteiger partial charge in [0, 0.05) is 21.9 Å². The highest BCUT2D eigenvalue weighted by Crippen LogP contribution is 2.48. The zero-order chi connectivity index (χ0) is 12.7. The van der Waals surface area contributed by atoms with E-state index in [0.717, 1.165) is 23.9 Å². The lowest BCUT2D eigenvalue weighted by Gasteiger charge is -2.28. The molecule has 2 aliphatic carbocycles. The van der Waals surface area contributed by atoms with Crippen molar-refractivity contribution in [2.24, 2.45) is 17.8 Å². The van der Waals surface area contributed by atoms with Crippen molar-refractivity contribution in [2.75, 3.05) is 0 Å². The molecule has 0 radical (unpaired) electrons. The Morgan fingerprint density at radius 3 is 2.94 bits per heavy atom. The van der Waals surface area contributed by atoms with Gasteiger partial charge >= 0.3 is 5.97 Å². The summed E-state index contributed by atoms with van der Waals surface area (Å²) in [5, 5.41) is 14.9. The van der Waals surface area contributed by atoms with Crippen LogP contribution in [0.3, 0.4) is 0 Å². The Labute approximate surface area is 119 Å². The molecular formula is C13H16BrNO2S. The largest absolute Gasteiger partial charge is 0.481 e. The van der Waals surface area contributed by atoms with E-state index < -0.39 is 5.97 Å². The summed E-state index contributed by atoms with van der Waals surface area (Å²) >= 11 is 5.22. The van der Waals surface area contributed by atoms with Gasteiger partial charge in [-0.3, -0.25) is 4.79 Å². The van der Waals surface area contributed by atoms with E-state index >= 15 is 0 Å². The van der Waals surface area contributed by atoms with Gasteiger partial charge in [0.05, 0.1) is 5.92 Å². The van der Waals surface area contributed by atoms with Gasteiger partial charge in [0.15, 0.2) is 0 Å². The molecule has 1 aromatic rings. The molecule has 2 saturated carbocycles. The fraction of sp³-hybridized carbons (Fsp3) is 0.615. The molecule has 0 amide bonds. The van der Waals surface area contributed by atoms with E-state index in [1.54, 1.807) is 11.3 Å². The Kier molecular flexibility index (Phi) is 3.47. The van der Waals surface area contributed by atoms with E-state index in [2.05, 4.69) is 26.6 Å². The Morgan fingerprint density at radius 1 is 1.50 bits per heavy atom. The number of hydrogen-bond acceptors (Lipinski definition) is 3. The molecular weight excluding hydrogens is 314 g/mol. The molecule has 4 unspecified atom stereocenters. The Morgan fingerprint density at radius 2 is 2.28 bits per heavy atom. The average molecular weight is 330 g/mol. The number of fused-ring (bicyclic) bond motifs is 2. The van der Waals surface area contributed by atoms with E-state index in [9.17, 15) is 9.90 Å². The van der Waals surface area contributed by atoms with Gasteiger partial charge in [0.1, 0.15) is 0 Å². The van der Waals surface area contributed by atoms with Crippen LogP contribution in [0.1, 0.15) is 24.1 Å². The fourth-order valence-electron chi connectivity index (χ4n) is 3.60. The number of nitrogens with one attached hydrogen (secondary N) is 1. The third-order valence-electron chi connectivity index (χ3n) is 4.39. The topological polar surface area (TPSA) is 49.3 Å². The minimum Gasteiger partial charge on any atom is -0.481 e. The van der Waals surface area contributed by atoms with Crippen molar-refractivity contribution in [3.05, 3.63) is 20.8 Å². The van der Waals surface area contributed by atoms with Crippen molar-refractivity contribution in [1.29, 1.82) is 0 Å². The molecule has 2 N–H and O–H groups in total. The van der Waals surface area contributed by atoms with Crippen molar-refractivity contribution in [3.63, 3.8) is 0 Å². The third kappa shape index (κ3) is 2.12. The van der Waals surface area contributed by atoms with E-state index in [1.165, 1.54) is 11.3 Å². The summed E-state index contributed by atoms with van der Waals surface area (Å²) in [5.41, 5.74) is 0. The smallest absolute Gasteiger partial charge is 0.308 e. The molecule has 0 spiro atoms. The molecule has 1 aromatic heterocycles. The zero-order valence-corrected chi connectivity index (χ0v) is 12.3. The number of halogens is 1. The van der Waals surface area contributed by atoms with Crippen LogP contribution in [-0.4, -0.2) is 17.1 Å². The molecule has 3 rings (SSSR count). The van der Waals surface area contributed by atoms with Crippen LogP contribution < -0.4 is 5.32 Å². The zero-order valence-electron chi connectivity index (χ0n) is 9.93. The fourth-order valence-corrected chi connectivity index (χ4v) is 5.05. The van der Waals surface area contributed by atoms with Gasteiger partial charge in [-0.1, -0.05) is 0 Å². The van der Waals surface area contributed by atoms with Crippen molar-refractivity contribution >= 4 is 33.2 Å². The minimum absolute atomic E-state index is 0.162. The third-order valence-corrected chi connectivity index (χ3v) is 6.32. The maximum atomic E-state index is 11.4. The lowest BCUT2D eigenvalue weighted by Crippen LogP contribution is -2.43. The van der Waals surface area contributed by atoms with Gasteiger partial charge < -0.3 is 10.4 Å². The van der Waals surface area contributed by atoms with Gasteiger partial charge in [-0.2, -0.15) is 0 Å². The van der Waals surface area contributed by atoms with Gasteiger partial charge in [-0.15, -0.1) is 11.3 Å². The number of hydrogen-bond donors (Lipinski definition) is 2. The molecule has 2 aliphatic rings. The minimum atomic E-state index is -0.620. The summed E-state index contributed by atoms with van der Waals surface area (Å²) in [6, 6.07) is 2.20. The highest BCUT2D eigenvalue weighted by Gasteiger charge is 2.50. The summed E-state index contributed by atoms with van der Waals surface area (Å²) in [6.45, 7) is 0.774. The quantitative estimate of drug-likeness (QED) is 0.892. The number of aliphatic carboxylic acids is 1. The number of carboxylic acids is 1. The number of thiophene rings is 1. The molecule has 2 fully saturated rings. The maximum absolute atomic E-state index is 11.4. The lowest BCUT2D eigenvalue weighted by molar-refractivity contribution is -0.144. The van der Waals surface area contributed by atoms with Crippen LogP contribution in [0.4, 0.5) is 0 Å². The van der Waals surface area contributed by atoms with Gasteiger partial charge in [0.2, 0.25) is 0 Å². The van der Waals surface area contributed by atoms with Gasteiger partial charge in [-0.05, 0) is 58.5 Å². The molecule has 3 nitrogen and oxygen atoms in total. The standard InChI is InChI=1S/C13H16BrNO2S/c14-9-3-4-18-10(9)6-15-12-8-2-1-7(5-8)11(12)13(16)17/h3-4,7-8,11-12,15H,1-2,5-6H2,(H,16,17). The van der Waals surface area contributed by atoms with E-state index in [0.29, 0.717) is 11.8 Å². The first kappa shape index (κ1) is 12.6. The highest BCUT2D eigenvalue weighted by atomic mass is 79.9. The first-order valence-electron chi connectivity index (χ1n) is 6.35. The molecule has 5 heteroatoms. The number of rotatable bonds is 4. The maximum Gasteiger partial charge on any atom is 0.308 e. The number of carboxylic acid groups (broad SMARTS) is 1. The predicted octanol–water partition coefficient (Wildman–Crippen LogP) is 3.10. The highest BCUT2D eigenvalue weighted by molar-refractivity contribution is 9.10. The molecule has 18 heavy (non-hydrogen) atoms. The summed E-state index contributed by atoms with van der Waals surface area (Å²) in [4.78, 5) is 12.6. The summed E-state index contributed by atoms with van der Waals surface area (Å²) in [7, 11) is 0. The first-order chi connectivity index (χ1) is 8.66. The second kappa shape index (κ2) is 4.94. The van der Waals surface area contributed by atoms with Crippen LogP contribution >= 0.6 is 27.3 Å². The van der Waals surface area contributed by atoms with Crippen molar-refractivity contribution < 1.29 is 9.90 Å². The second-order valence-electron chi connectivity index (χ2n) is 5.30. The molecule has 1 heterocycles. The normalized spacial score (nSPS) is 34.1. The summed E-state index contributed by atoms with van der Waals surface area (Å²) in [5.74, 6) is 0.166. The molecule has 4 atom stereocenters. The average Bonchev–Trinajstić information content (AvgIpc) is 3.00. The molecule has 0 aromatic carbocycles. The molecule has 2 bridgehead atoms. The number of carbonyl (C=O) groups is 1. The molecule has 98 valence electrons. The lowest BCUT2D eigenvalue weighted by atomic mass is 9.84. The van der Waals surface area contributed by atoms with Crippen LogP contribution in [-0.2, 0) is 11.3 Å². The Bertz CT molecular complexity index is 462. The predicted molar refractivity (Wildman–Crippen MR) is 74.6 cm³/mol. The second-order valence-corrected chi connectivity index (χ2v) is 7.15. The monoisotopic (exact) mass is 329 g/mol. The Hall–Kier alpha value is -0.390. The van der Waals surface area contributed by atoms with E-state index in [4.69, 9.17) is 0 Å². The molecule has 0 aliphatic heterocycles. The Balaban J connectivity index is 1.68. The van der Waals surface area contributed by atoms with Gasteiger partial charge in [0.25, 0.3) is 0 Å². The van der Waals surface area contributed by atoms with Crippen LogP contribution in [0, 0.1) is 17.8 Å². The molecule has 0 saturated heterocycles. The van der Waals surface area contributed by atoms with Gasteiger partial charge in [-0.25, -0.2) is 0 Å². The SMILES string of the molecule is O=C(O)C1C2CCC(C2)C1NCc1sccc1Br. The first-order valence-corrected chi connectivity index (χ1v) is 8.02. The van der Waals surface area contributed by atoms with E-state index in [1.807, 2.05) is 6.07 Å². The van der Waals surface area contributed by atoms with Crippen LogP contribution in [0.5, 0.6) is 0 Å². The van der Waals surface area contributed by atoms with Crippen molar-refractivity contribution in [2.45, 2.75) is 31.8 Å². The summed E-state index contributed by atoms with van der Waals surface area (Å²) < 4.78 is 1.12. The van der Waals surface area contributed by atoms with Crippen molar-refractivity contribution in [3.8, 4) is 0 Å². The van der Waals surface area contributed by atoms with E-state index in [-0.39, 0.29) is 12.0 Å². The van der Waals surface area contributed by atoms with Crippen LogP contribution in [0.2, 0.25) is 0 Å². The van der Waals surface area contributed by atoms with Crippen LogP contribution in [0.15, 0.2) is 15.9 Å². The van der Waals surface area contributed by atoms with Crippen molar-refractivity contribution in [1.82, 2.24) is 5.32 Å².